The van der Waals surface area contributed by atoms with Gasteiger partial charge in [0.05, 0.1) is 11.8 Å². The molecule has 0 radical (unpaired) electrons. The van der Waals surface area contributed by atoms with Crippen LogP contribution in [-0.4, -0.2) is 12.1 Å². The minimum Gasteiger partial charge on any atom is -0.444 e. The van der Waals surface area contributed by atoms with Crippen molar-refractivity contribution in [1.82, 2.24) is 5.43 Å². The van der Waals surface area contributed by atoms with E-state index in [4.69, 9.17) is 16.0 Å². The molecule has 0 fully saturated rings. The first-order chi connectivity index (χ1) is 11.2. The second kappa shape index (κ2) is 6.94. The quantitative estimate of drug-likeness (QED) is 0.572. The van der Waals surface area contributed by atoms with Crippen molar-refractivity contribution in [2.24, 2.45) is 5.10 Å². The molecule has 114 valence electrons. The Labute approximate surface area is 138 Å². The molecule has 1 N–H and O–H groups in total. The third kappa shape index (κ3) is 3.67. The number of benzene rings is 2. The van der Waals surface area contributed by atoms with Gasteiger partial charge in [0.2, 0.25) is 5.22 Å². The van der Waals surface area contributed by atoms with Crippen molar-refractivity contribution >= 4 is 23.7 Å². The Balaban J connectivity index is 1.71. The summed E-state index contributed by atoms with van der Waals surface area (Å²) in [6.45, 7) is 0. The van der Waals surface area contributed by atoms with E-state index < -0.39 is 0 Å². The van der Waals surface area contributed by atoms with Crippen LogP contribution in [0.5, 0.6) is 0 Å². The zero-order chi connectivity index (χ0) is 16.1. The van der Waals surface area contributed by atoms with Crippen LogP contribution in [0.3, 0.4) is 0 Å². The SMILES string of the molecule is O=C(N/N=C/c1cc(-c2ccccc2)oc1Cl)c1ccccc1. The van der Waals surface area contributed by atoms with Crippen LogP contribution in [0, 0.1) is 0 Å². The fraction of sp³-hybridized carbons (Fsp3) is 0. The molecular weight excluding hydrogens is 312 g/mol. The van der Waals surface area contributed by atoms with Crippen LogP contribution in [0.2, 0.25) is 5.22 Å². The Hall–Kier alpha value is -2.85. The first-order valence-electron chi connectivity index (χ1n) is 6.97. The minimum atomic E-state index is -0.287. The first-order valence-corrected chi connectivity index (χ1v) is 7.35. The van der Waals surface area contributed by atoms with Crippen molar-refractivity contribution in [3.05, 3.63) is 83.1 Å². The van der Waals surface area contributed by atoms with Crippen LogP contribution in [0.4, 0.5) is 0 Å². The molecule has 1 aromatic heterocycles. The lowest BCUT2D eigenvalue weighted by atomic mass is 10.1. The molecule has 3 aromatic rings. The van der Waals surface area contributed by atoms with Crippen molar-refractivity contribution in [2.45, 2.75) is 0 Å². The van der Waals surface area contributed by atoms with Gasteiger partial charge in [-0.15, -0.1) is 0 Å². The predicted molar refractivity (Wildman–Crippen MR) is 90.7 cm³/mol. The number of amides is 1. The lowest BCUT2D eigenvalue weighted by Crippen LogP contribution is -2.17. The Morgan fingerprint density at radius 1 is 1.04 bits per heavy atom. The molecule has 2 aromatic carbocycles. The summed E-state index contributed by atoms with van der Waals surface area (Å²) in [5, 5.41) is 4.14. The van der Waals surface area contributed by atoms with E-state index in [1.165, 1.54) is 6.21 Å². The number of hydrazone groups is 1. The van der Waals surface area contributed by atoms with E-state index in [-0.39, 0.29) is 11.1 Å². The van der Waals surface area contributed by atoms with Gasteiger partial charge in [-0.3, -0.25) is 4.79 Å². The van der Waals surface area contributed by atoms with Crippen LogP contribution < -0.4 is 5.43 Å². The van der Waals surface area contributed by atoms with Gasteiger partial charge in [0.1, 0.15) is 5.76 Å². The van der Waals surface area contributed by atoms with E-state index in [1.807, 2.05) is 36.4 Å². The highest BCUT2D eigenvalue weighted by molar-refractivity contribution is 6.31. The first kappa shape index (κ1) is 15.1. The Bertz CT molecular complexity index is 827. The van der Waals surface area contributed by atoms with Gasteiger partial charge in [-0.05, 0) is 29.8 Å². The van der Waals surface area contributed by atoms with Gasteiger partial charge >= 0.3 is 0 Å². The Morgan fingerprint density at radius 2 is 1.70 bits per heavy atom. The number of furan rings is 1. The molecule has 1 heterocycles. The molecule has 0 bridgehead atoms. The average molecular weight is 325 g/mol. The topological polar surface area (TPSA) is 54.6 Å². The molecule has 1 amide bonds. The molecule has 3 rings (SSSR count). The molecule has 23 heavy (non-hydrogen) atoms. The van der Waals surface area contributed by atoms with Gasteiger partial charge in [-0.2, -0.15) is 5.10 Å². The smallest absolute Gasteiger partial charge is 0.271 e. The maximum absolute atomic E-state index is 11.9. The molecule has 0 aliphatic rings. The summed E-state index contributed by atoms with van der Waals surface area (Å²) >= 11 is 6.06. The molecule has 0 atom stereocenters. The summed E-state index contributed by atoms with van der Waals surface area (Å²) < 4.78 is 5.50. The summed E-state index contributed by atoms with van der Waals surface area (Å²) in [6, 6.07) is 20.2. The number of nitrogens with zero attached hydrogens (tertiary/aromatic N) is 1. The zero-order valence-corrected chi connectivity index (χ0v) is 12.8. The number of hydrogen-bond donors (Lipinski definition) is 1. The van der Waals surface area contributed by atoms with E-state index in [0.29, 0.717) is 16.9 Å². The predicted octanol–water partition coefficient (Wildman–Crippen LogP) is 4.36. The summed E-state index contributed by atoms with van der Waals surface area (Å²) in [5.41, 5.74) is 4.50. The fourth-order valence-electron chi connectivity index (χ4n) is 2.03. The molecule has 0 spiro atoms. The van der Waals surface area contributed by atoms with E-state index in [2.05, 4.69) is 10.5 Å². The third-order valence-electron chi connectivity index (χ3n) is 3.18. The van der Waals surface area contributed by atoms with Crippen molar-refractivity contribution in [2.75, 3.05) is 0 Å². The normalized spacial score (nSPS) is 10.8. The largest absolute Gasteiger partial charge is 0.444 e. The number of carbonyl (C=O) groups excluding carboxylic acids is 1. The van der Waals surface area contributed by atoms with Crippen molar-refractivity contribution in [3.63, 3.8) is 0 Å². The van der Waals surface area contributed by atoms with Crippen LogP contribution in [0.25, 0.3) is 11.3 Å². The second-order valence-electron chi connectivity index (χ2n) is 4.77. The second-order valence-corrected chi connectivity index (χ2v) is 5.11. The van der Waals surface area contributed by atoms with Gasteiger partial charge in [-0.25, -0.2) is 5.43 Å². The summed E-state index contributed by atoms with van der Waals surface area (Å²) in [7, 11) is 0. The highest BCUT2D eigenvalue weighted by Crippen LogP contribution is 2.27. The summed E-state index contributed by atoms with van der Waals surface area (Å²) in [6.07, 6.45) is 1.46. The number of hydrogen-bond acceptors (Lipinski definition) is 3. The fourth-order valence-corrected chi connectivity index (χ4v) is 2.22. The van der Waals surface area contributed by atoms with Crippen molar-refractivity contribution < 1.29 is 9.21 Å². The molecule has 0 saturated carbocycles. The summed E-state index contributed by atoms with van der Waals surface area (Å²) in [4.78, 5) is 11.9. The standard InChI is InChI=1S/C18H13ClN2O2/c19-17-15(11-16(23-17)13-7-3-1-4-8-13)12-20-21-18(22)14-9-5-2-6-10-14/h1-12H,(H,21,22)/b20-12+. The van der Waals surface area contributed by atoms with Crippen LogP contribution in [0.1, 0.15) is 15.9 Å². The van der Waals surface area contributed by atoms with Crippen molar-refractivity contribution in [1.29, 1.82) is 0 Å². The number of carbonyl (C=O) groups is 1. The monoisotopic (exact) mass is 324 g/mol. The summed E-state index contributed by atoms with van der Waals surface area (Å²) in [5.74, 6) is 0.358. The van der Waals surface area contributed by atoms with Crippen LogP contribution >= 0.6 is 11.6 Å². The van der Waals surface area contributed by atoms with E-state index in [0.717, 1.165) is 5.56 Å². The molecule has 0 aliphatic carbocycles. The highest BCUT2D eigenvalue weighted by atomic mass is 35.5. The lowest BCUT2D eigenvalue weighted by Gasteiger charge is -1.97. The maximum atomic E-state index is 11.9. The van der Waals surface area contributed by atoms with Crippen LogP contribution in [0.15, 0.2) is 76.2 Å². The molecule has 5 heteroatoms. The molecule has 0 saturated heterocycles. The zero-order valence-electron chi connectivity index (χ0n) is 12.1. The maximum Gasteiger partial charge on any atom is 0.271 e. The van der Waals surface area contributed by atoms with Gasteiger partial charge in [0.25, 0.3) is 5.91 Å². The third-order valence-corrected chi connectivity index (χ3v) is 3.47. The van der Waals surface area contributed by atoms with Gasteiger partial charge in [-0.1, -0.05) is 48.5 Å². The van der Waals surface area contributed by atoms with Gasteiger partial charge < -0.3 is 4.42 Å². The van der Waals surface area contributed by atoms with E-state index in [9.17, 15) is 4.79 Å². The van der Waals surface area contributed by atoms with E-state index in [1.54, 1.807) is 30.3 Å². The van der Waals surface area contributed by atoms with Gasteiger partial charge in [0, 0.05) is 11.1 Å². The molecule has 0 aliphatic heterocycles. The Kier molecular flexibility index (Phi) is 4.54. The molecular formula is C18H13ClN2O2. The Morgan fingerprint density at radius 3 is 2.39 bits per heavy atom. The minimum absolute atomic E-state index is 0.224. The number of nitrogens with one attached hydrogen (secondary N) is 1. The average Bonchev–Trinajstić information content (AvgIpc) is 2.97. The molecule has 0 unspecified atom stereocenters. The van der Waals surface area contributed by atoms with Crippen LogP contribution in [-0.2, 0) is 0 Å². The van der Waals surface area contributed by atoms with Crippen molar-refractivity contribution in [3.8, 4) is 11.3 Å². The lowest BCUT2D eigenvalue weighted by molar-refractivity contribution is 0.0955. The number of halogens is 1. The highest BCUT2D eigenvalue weighted by Gasteiger charge is 2.09. The van der Waals surface area contributed by atoms with E-state index >= 15 is 0 Å². The molecule has 4 nitrogen and oxygen atoms in total. The van der Waals surface area contributed by atoms with Gasteiger partial charge in [0.15, 0.2) is 0 Å². The number of rotatable bonds is 4.